The minimum absolute atomic E-state index is 0.118. The zero-order valence-electron chi connectivity index (χ0n) is 12.7. The lowest BCUT2D eigenvalue weighted by Gasteiger charge is -2.09. The SMILES string of the molecule is COc1ccc(C(=O)NCc2cccnc2-c2ccsc2)cc1. The van der Waals surface area contributed by atoms with Crippen molar-refractivity contribution in [3.05, 3.63) is 70.5 Å². The molecule has 0 unspecified atom stereocenters. The van der Waals surface area contributed by atoms with Crippen LogP contribution in [-0.4, -0.2) is 18.0 Å². The molecule has 0 fully saturated rings. The van der Waals surface area contributed by atoms with Gasteiger partial charge >= 0.3 is 0 Å². The first-order valence-corrected chi connectivity index (χ1v) is 8.11. The van der Waals surface area contributed by atoms with Gasteiger partial charge in [0.15, 0.2) is 0 Å². The summed E-state index contributed by atoms with van der Waals surface area (Å²) in [6.07, 6.45) is 1.77. The van der Waals surface area contributed by atoms with E-state index in [1.165, 1.54) is 0 Å². The number of amides is 1. The molecule has 23 heavy (non-hydrogen) atoms. The van der Waals surface area contributed by atoms with Gasteiger partial charge in [0.1, 0.15) is 5.75 Å². The molecule has 1 amide bonds. The summed E-state index contributed by atoms with van der Waals surface area (Å²) in [6.45, 7) is 0.434. The predicted octanol–water partition coefficient (Wildman–Crippen LogP) is 3.75. The third kappa shape index (κ3) is 3.57. The fraction of sp³-hybridized carbons (Fsp3) is 0.111. The molecular formula is C18H16N2O2S. The Morgan fingerprint density at radius 3 is 2.74 bits per heavy atom. The van der Waals surface area contributed by atoms with Gasteiger partial charge in [0.2, 0.25) is 0 Å². The summed E-state index contributed by atoms with van der Waals surface area (Å²) in [6, 6.07) is 12.9. The highest BCUT2D eigenvalue weighted by Gasteiger charge is 2.09. The van der Waals surface area contributed by atoms with Gasteiger partial charge in [-0.3, -0.25) is 9.78 Å². The van der Waals surface area contributed by atoms with Gasteiger partial charge in [-0.1, -0.05) is 6.07 Å². The normalized spacial score (nSPS) is 10.3. The summed E-state index contributed by atoms with van der Waals surface area (Å²) in [4.78, 5) is 16.7. The van der Waals surface area contributed by atoms with Crippen LogP contribution in [0.1, 0.15) is 15.9 Å². The Morgan fingerprint density at radius 1 is 1.22 bits per heavy atom. The largest absolute Gasteiger partial charge is 0.497 e. The number of nitrogens with one attached hydrogen (secondary N) is 1. The number of ether oxygens (including phenoxy) is 1. The number of thiophene rings is 1. The molecule has 0 aliphatic heterocycles. The van der Waals surface area contributed by atoms with Gasteiger partial charge in [-0.25, -0.2) is 0 Å². The van der Waals surface area contributed by atoms with E-state index in [9.17, 15) is 4.79 Å². The topological polar surface area (TPSA) is 51.2 Å². The minimum atomic E-state index is -0.118. The molecule has 0 saturated heterocycles. The molecule has 3 rings (SSSR count). The van der Waals surface area contributed by atoms with Crippen molar-refractivity contribution in [2.75, 3.05) is 7.11 Å². The Bertz CT molecular complexity index is 783. The number of pyridine rings is 1. The first-order chi connectivity index (χ1) is 11.3. The van der Waals surface area contributed by atoms with E-state index in [1.807, 2.05) is 23.6 Å². The van der Waals surface area contributed by atoms with E-state index in [0.29, 0.717) is 12.1 Å². The van der Waals surface area contributed by atoms with E-state index < -0.39 is 0 Å². The molecular weight excluding hydrogens is 308 g/mol. The predicted molar refractivity (Wildman–Crippen MR) is 91.7 cm³/mol. The molecule has 0 saturated carbocycles. The molecule has 4 nitrogen and oxygen atoms in total. The number of carbonyl (C=O) groups excluding carboxylic acids is 1. The van der Waals surface area contributed by atoms with Crippen LogP contribution in [0.15, 0.2) is 59.4 Å². The standard InChI is InChI=1S/C18H16N2O2S/c1-22-16-6-4-13(5-7-16)18(21)20-11-14-3-2-9-19-17(14)15-8-10-23-12-15/h2-10,12H,11H2,1H3,(H,20,21). The zero-order chi connectivity index (χ0) is 16.1. The second kappa shape index (κ2) is 7.07. The summed E-state index contributed by atoms with van der Waals surface area (Å²) in [5, 5.41) is 7.01. The van der Waals surface area contributed by atoms with Crippen molar-refractivity contribution in [3.8, 4) is 17.0 Å². The third-order valence-corrected chi connectivity index (χ3v) is 4.16. The van der Waals surface area contributed by atoms with Gasteiger partial charge in [-0.05, 0) is 47.3 Å². The molecule has 2 heterocycles. The Morgan fingerprint density at radius 2 is 2.04 bits per heavy atom. The van der Waals surface area contributed by atoms with Gasteiger partial charge in [-0.15, -0.1) is 0 Å². The molecule has 0 aliphatic rings. The molecule has 0 atom stereocenters. The van der Waals surface area contributed by atoms with Crippen molar-refractivity contribution in [1.82, 2.24) is 10.3 Å². The molecule has 0 aliphatic carbocycles. The first-order valence-electron chi connectivity index (χ1n) is 7.16. The van der Waals surface area contributed by atoms with E-state index >= 15 is 0 Å². The maximum atomic E-state index is 12.2. The monoisotopic (exact) mass is 324 g/mol. The molecule has 2 aromatic heterocycles. The van der Waals surface area contributed by atoms with E-state index in [1.54, 1.807) is 48.9 Å². The quantitative estimate of drug-likeness (QED) is 0.777. The summed E-state index contributed by atoms with van der Waals surface area (Å²) in [7, 11) is 1.60. The summed E-state index contributed by atoms with van der Waals surface area (Å²) in [5.41, 5.74) is 3.58. The lowest BCUT2D eigenvalue weighted by atomic mass is 10.1. The van der Waals surface area contributed by atoms with Gasteiger partial charge in [0, 0.05) is 29.2 Å². The minimum Gasteiger partial charge on any atom is -0.497 e. The van der Waals surface area contributed by atoms with Gasteiger partial charge < -0.3 is 10.1 Å². The molecule has 1 N–H and O–H groups in total. The number of hydrogen-bond donors (Lipinski definition) is 1. The van der Waals surface area contributed by atoms with E-state index in [-0.39, 0.29) is 5.91 Å². The lowest BCUT2D eigenvalue weighted by molar-refractivity contribution is 0.0951. The number of carbonyl (C=O) groups is 1. The van der Waals surface area contributed by atoms with Crippen LogP contribution in [0.2, 0.25) is 0 Å². The number of methoxy groups -OCH3 is 1. The maximum Gasteiger partial charge on any atom is 0.251 e. The number of benzene rings is 1. The highest BCUT2D eigenvalue weighted by Crippen LogP contribution is 2.23. The fourth-order valence-corrected chi connectivity index (χ4v) is 2.90. The first kappa shape index (κ1) is 15.2. The second-order valence-electron chi connectivity index (χ2n) is 4.93. The summed E-state index contributed by atoms with van der Waals surface area (Å²) >= 11 is 1.63. The number of aromatic nitrogens is 1. The molecule has 0 spiro atoms. The summed E-state index contributed by atoms with van der Waals surface area (Å²) in [5.74, 6) is 0.612. The maximum absolute atomic E-state index is 12.2. The van der Waals surface area contributed by atoms with Crippen molar-refractivity contribution in [1.29, 1.82) is 0 Å². The van der Waals surface area contributed by atoms with E-state index in [0.717, 1.165) is 22.6 Å². The van der Waals surface area contributed by atoms with Crippen molar-refractivity contribution in [2.45, 2.75) is 6.54 Å². The molecule has 1 aromatic carbocycles. The fourth-order valence-electron chi connectivity index (χ4n) is 2.26. The highest BCUT2D eigenvalue weighted by molar-refractivity contribution is 7.08. The van der Waals surface area contributed by atoms with Crippen LogP contribution in [0.4, 0.5) is 0 Å². The second-order valence-corrected chi connectivity index (χ2v) is 5.71. The van der Waals surface area contributed by atoms with Gasteiger partial charge in [-0.2, -0.15) is 11.3 Å². The van der Waals surface area contributed by atoms with Crippen LogP contribution < -0.4 is 10.1 Å². The Labute approximate surface area is 138 Å². The van der Waals surface area contributed by atoms with Crippen LogP contribution in [0.5, 0.6) is 5.75 Å². The van der Waals surface area contributed by atoms with Crippen LogP contribution in [0.3, 0.4) is 0 Å². The smallest absolute Gasteiger partial charge is 0.251 e. The van der Waals surface area contributed by atoms with Crippen molar-refractivity contribution in [3.63, 3.8) is 0 Å². The van der Waals surface area contributed by atoms with Gasteiger partial charge in [0.05, 0.1) is 12.8 Å². The van der Waals surface area contributed by atoms with E-state index in [4.69, 9.17) is 4.74 Å². The number of rotatable bonds is 5. The molecule has 3 aromatic rings. The summed E-state index contributed by atoms with van der Waals surface area (Å²) < 4.78 is 5.10. The van der Waals surface area contributed by atoms with Crippen molar-refractivity contribution >= 4 is 17.2 Å². The van der Waals surface area contributed by atoms with Crippen LogP contribution in [0.25, 0.3) is 11.3 Å². The van der Waals surface area contributed by atoms with Crippen LogP contribution >= 0.6 is 11.3 Å². The average molecular weight is 324 g/mol. The van der Waals surface area contributed by atoms with Crippen LogP contribution in [0, 0.1) is 0 Å². The lowest BCUT2D eigenvalue weighted by Crippen LogP contribution is -2.23. The van der Waals surface area contributed by atoms with E-state index in [2.05, 4.69) is 15.7 Å². The third-order valence-electron chi connectivity index (χ3n) is 3.48. The Hall–Kier alpha value is -2.66. The highest BCUT2D eigenvalue weighted by atomic mass is 32.1. The molecule has 116 valence electrons. The Balaban J connectivity index is 1.72. The molecule has 0 bridgehead atoms. The average Bonchev–Trinajstić information content (AvgIpc) is 3.14. The van der Waals surface area contributed by atoms with Gasteiger partial charge in [0.25, 0.3) is 5.91 Å². The Kier molecular flexibility index (Phi) is 4.68. The van der Waals surface area contributed by atoms with Crippen molar-refractivity contribution in [2.24, 2.45) is 0 Å². The zero-order valence-corrected chi connectivity index (χ0v) is 13.5. The molecule has 5 heteroatoms. The number of hydrogen-bond acceptors (Lipinski definition) is 4. The van der Waals surface area contributed by atoms with Crippen LogP contribution in [-0.2, 0) is 6.54 Å². The van der Waals surface area contributed by atoms with Crippen molar-refractivity contribution < 1.29 is 9.53 Å². The number of nitrogens with zero attached hydrogens (tertiary/aromatic N) is 1. The molecule has 0 radical (unpaired) electrons.